The fraction of sp³-hybridized carbons (Fsp3) is 0.308. The van der Waals surface area contributed by atoms with Gasteiger partial charge in [0.1, 0.15) is 0 Å². The highest BCUT2D eigenvalue weighted by Gasteiger charge is 2.18. The van der Waals surface area contributed by atoms with Gasteiger partial charge in [-0.3, -0.25) is 9.59 Å². The Morgan fingerprint density at radius 1 is 0.676 bits per heavy atom. The van der Waals surface area contributed by atoms with Crippen LogP contribution >= 0.6 is 22.7 Å². The van der Waals surface area contributed by atoms with Crippen molar-refractivity contribution in [2.75, 3.05) is 0 Å². The van der Waals surface area contributed by atoms with E-state index in [1.54, 1.807) is 35.1 Å². The van der Waals surface area contributed by atoms with E-state index in [1.165, 1.54) is 46.6 Å². The molecule has 2 aromatic heterocycles. The zero-order valence-corrected chi connectivity index (χ0v) is 20.4. The first-order chi connectivity index (χ1) is 16.7. The second kappa shape index (κ2) is 10.4. The largest absolute Gasteiger partial charge is 0.281 e. The molecule has 6 nitrogen and oxygen atoms in total. The van der Waals surface area contributed by atoms with Crippen molar-refractivity contribution < 1.29 is 9.59 Å². The molecule has 0 unspecified atom stereocenters. The maximum Gasteiger partial charge on any atom is 0.281 e. The highest BCUT2D eigenvalue weighted by molar-refractivity contribution is 7.14. The summed E-state index contributed by atoms with van der Waals surface area (Å²) in [7, 11) is 0. The number of rotatable bonds is 6. The molecule has 2 heterocycles. The Bertz CT molecular complexity index is 1110. The van der Waals surface area contributed by atoms with Crippen LogP contribution < -0.4 is 10.9 Å². The molecule has 0 bridgehead atoms. The van der Waals surface area contributed by atoms with Gasteiger partial charge in [-0.25, -0.2) is 10.9 Å². The number of hydrogen-bond donors (Lipinski definition) is 2. The van der Waals surface area contributed by atoms with Crippen LogP contribution in [0.5, 0.6) is 0 Å². The molecule has 0 saturated carbocycles. The first-order valence-electron chi connectivity index (χ1n) is 11.7. The second-order valence-electron chi connectivity index (χ2n) is 8.60. The van der Waals surface area contributed by atoms with Crippen LogP contribution in [0.25, 0.3) is 0 Å². The van der Waals surface area contributed by atoms with E-state index < -0.39 is 0 Å². The first-order valence-corrected chi connectivity index (χ1v) is 13.3. The van der Waals surface area contributed by atoms with Gasteiger partial charge in [-0.1, -0.05) is 24.3 Å². The molecular weight excluding hydrogens is 464 g/mol. The molecule has 0 atom stereocenters. The van der Waals surface area contributed by atoms with E-state index in [0.29, 0.717) is 0 Å². The molecule has 0 spiro atoms. The van der Waals surface area contributed by atoms with Gasteiger partial charge in [-0.2, -0.15) is 10.2 Å². The number of hydrogen-bond acceptors (Lipinski definition) is 6. The van der Waals surface area contributed by atoms with Crippen molar-refractivity contribution in [2.24, 2.45) is 10.2 Å². The van der Waals surface area contributed by atoms with Gasteiger partial charge in [0.2, 0.25) is 0 Å². The molecule has 8 heteroatoms. The highest BCUT2D eigenvalue weighted by Crippen LogP contribution is 2.30. The summed E-state index contributed by atoms with van der Waals surface area (Å²) in [6.07, 6.45) is 12.3. The van der Waals surface area contributed by atoms with Crippen LogP contribution in [-0.2, 0) is 25.7 Å². The van der Waals surface area contributed by atoms with E-state index in [2.05, 4.69) is 21.1 Å². The van der Waals surface area contributed by atoms with Crippen LogP contribution in [0, 0.1) is 0 Å². The van der Waals surface area contributed by atoms with E-state index in [0.717, 1.165) is 46.6 Å². The van der Waals surface area contributed by atoms with E-state index >= 15 is 0 Å². The monoisotopic (exact) mass is 490 g/mol. The molecule has 2 aliphatic rings. The van der Waals surface area contributed by atoms with Crippen LogP contribution in [0.4, 0.5) is 0 Å². The number of carbonyl (C=O) groups excluding carboxylic acids is 2. The summed E-state index contributed by atoms with van der Waals surface area (Å²) in [5, 5.41) is 8.19. The highest BCUT2D eigenvalue weighted by atomic mass is 32.1. The summed E-state index contributed by atoms with van der Waals surface area (Å²) >= 11 is 3.15. The van der Waals surface area contributed by atoms with Crippen molar-refractivity contribution in [1.29, 1.82) is 0 Å². The molecule has 2 amide bonds. The number of hydrazone groups is 2. The van der Waals surface area contributed by atoms with Crippen LogP contribution in [-0.4, -0.2) is 24.2 Å². The lowest BCUT2D eigenvalue weighted by molar-refractivity contribution is 0.0951. The molecule has 2 aliphatic carbocycles. The Morgan fingerprint density at radius 3 is 1.50 bits per heavy atom. The average molecular weight is 491 g/mol. The van der Waals surface area contributed by atoms with Crippen LogP contribution in [0.2, 0.25) is 0 Å². The minimum atomic E-state index is -0.165. The van der Waals surface area contributed by atoms with Gasteiger partial charge in [0.25, 0.3) is 11.8 Å². The lowest BCUT2D eigenvalue weighted by Gasteiger charge is -2.08. The predicted octanol–water partition coefficient (Wildman–Crippen LogP) is 5.10. The number of aryl methyl sites for hydroxylation is 4. The quantitative estimate of drug-likeness (QED) is 0.372. The third-order valence-corrected chi connectivity index (χ3v) is 8.61. The molecule has 0 radical (unpaired) electrons. The molecule has 3 aromatic rings. The Hall–Kier alpha value is -3.10. The first kappa shape index (κ1) is 22.7. The molecule has 0 aliphatic heterocycles. The molecule has 34 heavy (non-hydrogen) atoms. The van der Waals surface area contributed by atoms with E-state index in [4.69, 9.17) is 0 Å². The summed E-state index contributed by atoms with van der Waals surface area (Å²) in [5.41, 5.74) is 9.58. The number of thiophene rings is 2. The number of fused-ring (bicyclic) bond motifs is 2. The normalized spacial score (nSPS) is 15.3. The maximum absolute atomic E-state index is 12.4. The van der Waals surface area contributed by atoms with Crippen molar-refractivity contribution in [3.63, 3.8) is 0 Å². The van der Waals surface area contributed by atoms with Gasteiger partial charge in [-0.15, -0.1) is 22.7 Å². The molecule has 0 fully saturated rings. The summed E-state index contributed by atoms with van der Waals surface area (Å²) in [4.78, 5) is 28.9. The lowest BCUT2D eigenvalue weighted by Crippen LogP contribution is -2.16. The number of carbonyl (C=O) groups is 2. The maximum atomic E-state index is 12.4. The minimum absolute atomic E-state index is 0.165. The van der Waals surface area contributed by atoms with Crippen molar-refractivity contribution in [3.8, 4) is 0 Å². The standard InChI is InChI=1S/C26H26N4O2S2/c31-25(23-13-19-5-1-3-7-21(19)33-23)29-27-15-17-9-11-18(12-10-17)16-28-30-26(32)24-14-20-6-2-4-8-22(20)34-24/h9-16H,1-8H2,(H,29,31)(H,30,32). The summed E-state index contributed by atoms with van der Waals surface area (Å²) < 4.78 is 0. The fourth-order valence-corrected chi connectivity index (χ4v) is 6.60. The molecule has 2 N–H and O–H groups in total. The third kappa shape index (κ3) is 5.34. The fourth-order valence-electron chi connectivity index (χ4n) is 4.31. The topological polar surface area (TPSA) is 82.9 Å². The smallest absolute Gasteiger partial charge is 0.266 e. The number of benzene rings is 1. The minimum Gasteiger partial charge on any atom is -0.266 e. The van der Waals surface area contributed by atoms with Crippen molar-refractivity contribution in [1.82, 2.24) is 10.9 Å². The lowest BCUT2D eigenvalue weighted by atomic mass is 9.99. The van der Waals surface area contributed by atoms with Crippen LogP contribution in [0.15, 0.2) is 46.6 Å². The molecule has 174 valence electrons. The van der Waals surface area contributed by atoms with Crippen LogP contribution in [0.3, 0.4) is 0 Å². The Kier molecular flexibility index (Phi) is 6.97. The van der Waals surface area contributed by atoms with E-state index in [-0.39, 0.29) is 11.8 Å². The van der Waals surface area contributed by atoms with Crippen molar-refractivity contribution >= 4 is 46.9 Å². The molecule has 1 aromatic carbocycles. The van der Waals surface area contributed by atoms with Crippen molar-refractivity contribution in [2.45, 2.75) is 51.4 Å². The molecule has 5 rings (SSSR count). The summed E-state index contributed by atoms with van der Waals surface area (Å²) in [6.45, 7) is 0. The Balaban J connectivity index is 1.11. The SMILES string of the molecule is O=C(NN=Cc1ccc(C=NNC(=O)c2cc3c(s2)CCCC3)cc1)c1cc2c(s1)CCCC2. The zero-order valence-electron chi connectivity index (χ0n) is 18.8. The van der Waals surface area contributed by atoms with Gasteiger partial charge in [0, 0.05) is 9.75 Å². The molecular formula is C26H26N4O2S2. The van der Waals surface area contributed by atoms with Crippen LogP contribution in [0.1, 0.15) is 77.0 Å². The summed E-state index contributed by atoms with van der Waals surface area (Å²) in [6, 6.07) is 11.5. The van der Waals surface area contributed by atoms with E-state index in [1.807, 2.05) is 36.4 Å². The Labute approximate surface area is 206 Å². The van der Waals surface area contributed by atoms with E-state index in [9.17, 15) is 9.59 Å². The number of nitrogens with one attached hydrogen (secondary N) is 2. The number of amides is 2. The Morgan fingerprint density at radius 2 is 1.09 bits per heavy atom. The third-order valence-electron chi connectivity index (χ3n) is 6.14. The second-order valence-corrected chi connectivity index (χ2v) is 10.9. The number of nitrogens with zero attached hydrogens (tertiary/aromatic N) is 2. The molecule has 0 saturated heterocycles. The van der Waals surface area contributed by atoms with Gasteiger partial charge >= 0.3 is 0 Å². The van der Waals surface area contributed by atoms with Gasteiger partial charge in [-0.05, 0) is 85.8 Å². The van der Waals surface area contributed by atoms with Gasteiger partial charge < -0.3 is 0 Å². The zero-order chi connectivity index (χ0) is 23.3. The van der Waals surface area contributed by atoms with Gasteiger partial charge in [0.05, 0.1) is 22.2 Å². The predicted molar refractivity (Wildman–Crippen MR) is 138 cm³/mol. The summed E-state index contributed by atoms with van der Waals surface area (Å²) in [5.74, 6) is -0.330. The average Bonchev–Trinajstić information content (AvgIpc) is 3.49. The van der Waals surface area contributed by atoms with Crippen molar-refractivity contribution in [3.05, 3.63) is 78.2 Å². The van der Waals surface area contributed by atoms with Gasteiger partial charge in [0.15, 0.2) is 0 Å².